The Labute approximate surface area is 153 Å². The fraction of sp³-hybridized carbons (Fsp3) is 0.0833. The van der Waals surface area contributed by atoms with Crippen LogP contribution >= 0.6 is 0 Å². The molecular formula is C24H21NO. The molecule has 4 rings (SSSR count). The molecule has 4 aromatic carbocycles. The number of aliphatic hydroxyl groups is 1. The zero-order chi connectivity index (χ0) is 18.0. The molecule has 0 heterocycles. The van der Waals surface area contributed by atoms with Crippen LogP contribution in [0.5, 0.6) is 0 Å². The van der Waals surface area contributed by atoms with E-state index in [0.717, 1.165) is 33.2 Å². The highest BCUT2D eigenvalue weighted by Crippen LogP contribution is 2.42. The molecule has 26 heavy (non-hydrogen) atoms. The number of nitrogens with one attached hydrogen (secondary N) is 1. The maximum atomic E-state index is 12.1. The van der Waals surface area contributed by atoms with E-state index in [1.54, 1.807) is 0 Å². The Kier molecular flexibility index (Phi) is 4.19. The average molecular weight is 339 g/mol. The van der Waals surface area contributed by atoms with Crippen LogP contribution in [-0.4, -0.2) is 12.2 Å². The second kappa shape index (κ2) is 6.66. The number of benzene rings is 4. The summed E-state index contributed by atoms with van der Waals surface area (Å²) in [7, 11) is 1.90. The van der Waals surface area contributed by atoms with Gasteiger partial charge in [-0.3, -0.25) is 0 Å². The second-order valence-electron chi connectivity index (χ2n) is 6.40. The van der Waals surface area contributed by atoms with E-state index in [2.05, 4.69) is 23.5 Å². The molecule has 4 aromatic rings. The molecule has 2 heteroatoms. The Morgan fingerprint density at radius 2 is 1.19 bits per heavy atom. The van der Waals surface area contributed by atoms with E-state index in [1.807, 2.05) is 85.9 Å². The van der Waals surface area contributed by atoms with Gasteiger partial charge in [-0.05, 0) is 16.5 Å². The molecular weight excluding hydrogens is 318 g/mol. The highest BCUT2D eigenvalue weighted by atomic mass is 16.3. The third-order valence-electron chi connectivity index (χ3n) is 4.95. The van der Waals surface area contributed by atoms with Crippen molar-refractivity contribution < 1.29 is 5.11 Å². The van der Waals surface area contributed by atoms with E-state index in [9.17, 15) is 5.11 Å². The van der Waals surface area contributed by atoms with Crippen LogP contribution in [0.15, 0.2) is 97.1 Å². The molecule has 128 valence electrons. The Morgan fingerprint density at radius 3 is 1.77 bits per heavy atom. The van der Waals surface area contributed by atoms with Crippen LogP contribution in [0.2, 0.25) is 0 Å². The van der Waals surface area contributed by atoms with E-state index in [0.29, 0.717) is 0 Å². The SMILES string of the molecule is CNc1c(C(O)(c2ccccc2)c2ccccc2)ccc2ccccc12. The lowest BCUT2D eigenvalue weighted by atomic mass is 9.79. The first-order valence-corrected chi connectivity index (χ1v) is 8.78. The zero-order valence-electron chi connectivity index (χ0n) is 14.7. The third kappa shape index (κ3) is 2.56. The molecule has 0 fully saturated rings. The van der Waals surface area contributed by atoms with Crippen LogP contribution in [0.3, 0.4) is 0 Å². The summed E-state index contributed by atoms with van der Waals surface area (Å²) in [6.07, 6.45) is 0. The summed E-state index contributed by atoms with van der Waals surface area (Å²) in [5.41, 5.74) is 2.23. The summed E-state index contributed by atoms with van der Waals surface area (Å²) < 4.78 is 0. The second-order valence-corrected chi connectivity index (χ2v) is 6.40. The molecule has 0 aliphatic heterocycles. The average Bonchev–Trinajstić information content (AvgIpc) is 2.73. The molecule has 0 aliphatic carbocycles. The summed E-state index contributed by atoms with van der Waals surface area (Å²) in [4.78, 5) is 0. The molecule has 0 spiro atoms. The van der Waals surface area contributed by atoms with Gasteiger partial charge < -0.3 is 10.4 Å². The van der Waals surface area contributed by atoms with Gasteiger partial charge in [0.1, 0.15) is 5.60 Å². The Morgan fingerprint density at radius 1 is 0.654 bits per heavy atom. The van der Waals surface area contributed by atoms with Gasteiger partial charge in [0.15, 0.2) is 0 Å². The normalized spacial score (nSPS) is 11.5. The van der Waals surface area contributed by atoms with Crippen molar-refractivity contribution in [2.75, 3.05) is 12.4 Å². The van der Waals surface area contributed by atoms with Gasteiger partial charge in [-0.25, -0.2) is 0 Å². The summed E-state index contributed by atoms with van der Waals surface area (Å²) in [6, 6.07) is 32.0. The van der Waals surface area contributed by atoms with Crippen molar-refractivity contribution >= 4 is 16.5 Å². The van der Waals surface area contributed by atoms with Crippen molar-refractivity contribution in [1.29, 1.82) is 0 Å². The largest absolute Gasteiger partial charge is 0.387 e. The van der Waals surface area contributed by atoms with Gasteiger partial charge >= 0.3 is 0 Å². The standard InChI is InChI=1S/C24H21NO/c1-25-23-21-15-9-8-10-18(21)16-17-22(23)24(26,19-11-4-2-5-12-19)20-13-6-3-7-14-20/h2-17,25-26H,1H3. The number of rotatable bonds is 4. The van der Waals surface area contributed by atoms with E-state index in [1.165, 1.54) is 0 Å². The molecule has 0 aromatic heterocycles. The minimum atomic E-state index is -1.25. The minimum Gasteiger partial charge on any atom is -0.387 e. The maximum absolute atomic E-state index is 12.1. The lowest BCUT2D eigenvalue weighted by Crippen LogP contribution is -2.29. The summed E-state index contributed by atoms with van der Waals surface area (Å²) >= 11 is 0. The molecule has 0 aliphatic rings. The predicted octanol–water partition coefficient (Wildman–Crippen LogP) is 5.17. The van der Waals surface area contributed by atoms with Crippen molar-refractivity contribution in [3.05, 3.63) is 114 Å². The lowest BCUT2D eigenvalue weighted by Gasteiger charge is -2.32. The minimum absolute atomic E-state index is 0.844. The van der Waals surface area contributed by atoms with E-state index in [4.69, 9.17) is 0 Å². The molecule has 0 unspecified atom stereocenters. The summed E-state index contributed by atoms with van der Waals surface area (Å²) in [6.45, 7) is 0. The van der Waals surface area contributed by atoms with Crippen molar-refractivity contribution in [2.24, 2.45) is 0 Å². The Bertz CT molecular complexity index is 986. The molecule has 2 N–H and O–H groups in total. The predicted molar refractivity (Wildman–Crippen MR) is 108 cm³/mol. The van der Waals surface area contributed by atoms with Gasteiger partial charge in [0.05, 0.1) is 0 Å². The summed E-state index contributed by atoms with van der Waals surface area (Å²) in [5, 5.41) is 17.6. The van der Waals surface area contributed by atoms with Crippen LogP contribution in [0.4, 0.5) is 5.69 Å². The summed E-state index contributed by atoms with van der Waals surface area (Å²) in [5.74, 6) is 0. The highest BCUT2D eigenvalue weighted by molar-refractivity contribution is 5.96. The van der Waals surface area contributed by atoms with Crippen LogP contribution in [0.25, 0.3) is 10.8 Å². The van der Waals surface area contributed by atoms with Gasteiger partial charge in [0.25, 0.3) is 0 Å². The topological polar surface area (TPSA) is 32.3 Å². The highest BCUT2D eigenvalue weighted by Gasteiger charge is 2.36. The van der Waals surface area contributed by atoms with Crippen molar-refractivity contribution in [3.8, 4) is 0 Å². The van der Waals surface area contributed by atoms with E-state index >= 15 is 0 Å². The first kappa shape index (κ1) is 16.4. The molecule has 0 amide bonds. The van der Waals surface area contributed by atoms with Crippen LogP contribution in [-0.2, 0) is 5.60 Å². The van der Waals surface area contributed by atoms with Crippen LogP contribution in [0, 0.1) is 0 Å². The molecule has 0 atom stereocenters. The molecule has 0 saturated carbocycles. The van der Waals surface area contributed by atoms with Crippen molar-refractivity contribution in [2.45, 2.75) is 5.60 Å². The Hall–Kier alpha value is -3.10. The smallest absolute Gasteiger partial charge is 0.142 e. The first-order valence-electron chi connectivity index (χ1n) is 8.78. The Balaban J connectivity index is 2.07. The maximum Gasteiger partial charge on any atom is 0.142 e. The lowest BCUT2D eigenvalue weighted by molar-refractivity contribution is 0.126. The van der Waals surface area contributed by atoms with Crippen LogP contribution in [0.1, 0.15) is 16.7 Å². The molecule has 0 radical (unpaired) electrons. The first-order chi connectivity index (χ1) is 12.7. The van der Waals surface area contributed by atoms with Gasteiger partial charge in [-0.1, -0.05) is 97.1 Å². The van der Waals surface area contributed by atoms with E-state index < -0.39 is 5.60 Å². The molecule has 2 nitrogen and oxygen atoms in total. The fourth-order valence-corrected chi connectivity index (χ4v) is 3.68. The van der Waals surface area contributed by atoms with Crippen LogP contribution < -0.4 is 5.32 Å². The number of hydrogen-bond acceptors (Lipinski definition) is 2. The molecule has 0 bridgehead atoms. The van der Waals surface area contributed by atoms with Gasteiger partial charge in [0, 0.05) is 23.7 Å². The fourth-order valence-electron chi connectivity index (χ4n) is 3.68. The monoisotopic (exact) mass is 339 g/mol. The van der Waals surface area contributed by atoms with Gasteiger partial charge in [-0.15, -0.1) is 0 Å². The quantitative estimate of drug-likeness (QED) is 0.503. The number of hydrogen-bond donors (Lipinski definition) is 2. The third-order valence-corrected chi connectivity index (χ3v) is 4.95. The zero-order valence-corrected chi connectivity index (χ0v) is 14.7. The van der Waals surface area contributed by atoms with Crippen molar-refractivity contribution in [1.82, 2.24) is 0 Å². The van der Waals surface area contributed by atoms with Gasteiger partial charge in [-0.2, -0.15) is 0 Å². The molecule has 0 saturated heterocycles. The van der Waals surface area contributed by atoms with Crippen molar-refractivity contribution in [3.63, 3.8) is 0 Å². The van der Waals surface area contributed by atoms with Gasteiger partial charge in [0.2, 0.25) is 0 Å². The van der Waals surface area contributed by atoms with E-state index in [-0.39, 0.29) is 0 Å². The number of fused-ring (bicyclic) bond motifs is 1. The number of anilines is 1.